The van der Waals surface area contributed by atoms with E-state index in [1.165, 1.54) is 5.39 Å². The van der Waals surface area contributed by atoms with Gasteiger partial charge in [0.05, 0.1) is 0 Å². The lowest BCUT2D eigenvalue weighted by molar-refractivity contribution is -0.127. The molecule has 4 heteroatoms. The zero-order valence-electron chi connectivity index (χ0n) is 13.7. The molecule has 1 saturated heterocycles. The number of hydrogen-bond donors (Lipinski definition) is 1. The number of rotatable bonds is 4. The molecule has 0 radical (unpaired) electrons. The summed E-state index contributed by atoms with van der Waals surface area (Å²) in [4.78, 5) is 25.2. The predicted molar refractivity (Wildman–Crippen MR) is 96.1 cm³/mol. The van der Waals surface area contributed by atoms with E-state index in [9.17, 15) is 9.59 Å². The van der Waals surface area contributed by atoms with Gasteiger partial charge in [0.15, 0.2) is 0 Å². The fourth-order valence-corrected chi connectivity index (χ4v) is 3.30. The minimum Gasteiger partial charge on any atom is -0.370 e. The fraction of sp³-hybridized carbons (Fsp3) is 0.300. The number of nitrogens with zero attached hydrogens (tertiary/aromatic N) is 1. The Balaban J connectivity index is 1.64. The normalized spacial score (nSPS) is 15.9. The molecule has 1 heterocycles. The van der Waals surface area contributed by atoms with Gasteiger partial charge in [-0.25, -0.2) is 0 Å². The molecule has 24 heavy (non-hydrogen) atoms. The van der Waals surface area contributed by atoms with Crippen LogP contribution >= 0.6 is 0 Å². The van der Waals surface area contributed by atoms with Crippen molar-refractivity contribution < 1.29 is 9.59 Å². The van der Waals surface area contributed by atoms with E-state index in [0.717, 1.165) is 23.8 Å². The monoisotopic (exact) mass is 322 g/mol. The Labute approximate surface area is 141 Å². The maximum atomic E-state index is 12.4. The lowest BCUT2D eigenvalue weighted by Crippen LogP contribution is -2.38. The summed E-state index contributed by atoms with van der Waals surface area (Å²) in [5.74, 6) is 0.0877. The lowest BCUT2D eigenvalue weighted by atomic mass is 9.93. The van der Waals surface area contributed by atoms with Crippen molar-refractivity contribution in [3.63, 3.8) is 0 Å². The Morgan fingerprint density at radius 2 is 1.79 bits per heavy atom. The van der Waals surface area contributed by atoms with Gasteiger partial charge in [0, 0.05) is 25.6 Å². The molecule has 0 saturated carbocycles. The number of piperidine rings is 1. The molecule has 0 aromatic heterocycles. The highest BCUT2D eigenvalue weighted by molar-refractivity contribution is 5.96. The minimum absolute atomic E-state index is 0.0282. The Morgan fingerprint density at radius 3 is 2.54 bits per heavy atom. The Kier molecular flexibility index (Phi) is 4.94. The third-order valence-corrected chi connectivity index (χ3v) is 4.64. The number of benzene rings is 2. The number of primary amides is 1. The van der Waals surface area contributed by atoms with Gasteiger partial charge in [0.2, 0.25) is 11.8 Å². The topological polar surface area (TPSA) is 63.4 Å². The molecule has 2 aromatic rings. The van der Waals surface area contributed by atoms with Crippen LogP contribution in [-0.4, -0.2) is 29.8 Å². The maximum Gasteiger partial charge on any atom is 0.246 e. The van der Waals surface area contributed by atoms with Crippen molar-refractivity contribution >= 4 is 28.7 Å². The van der Waals surface area contributed by atoms with Gasteiger partial charge >= 0.3 is 0 Å². The first-order chi connectivity index (χ1) is 11.6. The van der Waals surface area contributed by atoms with Crippen LogP contribution in [0.25, 0.3) is 16.8 Å². The first kappa shape index (κ1) is 16.2. The molecule has 4 nitrogen and oxygen atoms in total. The van der Waals surface area contributed by atoms with Crippen molar-refractivity contribution in [2.45, 2.75) is 19.3 Å². The third kappa shape index (κ3) is 3.82. The van der Waals surface area contributed by atoms with E-state index in [-0.39, 0.29) is 11.8 Å². The summed E-state index contributed by atoms with van der Waals surface area (Å²) in [6.07, 6.45) is 5.65. The van der Waals surface area contributed by atoms with E-state index in [1.807, 2.05) is 35.2 Å². The highest BCUT2D eigenvalue weighted by Gasteiger charge is 2.22. The fourth-order valence-electron chi connectivity index (χ4n) is 3.30. The first-order valence-corrected chi connectivity index (χ1v) is 8.36. The number of carbonyl (C=O) groups is 2. The standard InChI is InChI=1S/C20H22N2O2/c21-19(23)14-15-10-12-22(13-11-15)20(24)9-8-17-6-3-5-16-4-1-2-7-18(16)17/h1-9,15H,10-14H2,(H2,21,23)/b9-8-. The van der Waals surface area contributed by atoms with Gasteiger partial charge in [0.25, 0.3) is 0 Å². The molecule has 0 atom stereocenters. The van der Waals surface area contributed by atoms with Crippen LogP contribution in [0.4, 0.5) is 0 Å². The summed E-state index contributed by atoms with van der Waals surface area (Å²) in [5, 5.41) is 2.31. The Morgan fingerprint density at radius 1 is 1.08 bits per heavy atom. The van der Waals surface area contributed by atoms with Crippen LogP contribution in [0, 0.1) is 5.92 Å². The second kappa shape index (κ2) is 7.30. The van der Waals surface area contributed by atoms with Crippen molar-refractivity contribution in [1.29, 1.82) is 0 Å². The van der Waals surface area contributed by atoms with Crippen molar-refractivity contribution in [2.75, 3.05) is 13.1 Å². The molecule has 124 valence electrons. The third-order valence-electron chi connectivity index (χ3n) is 4.64. The van der Waals surface area contributed by atoms with E-state index in [1.54, 1.807) is 6.08 Å². The number of carbonyl (C=O) groups excluding carboxylic acids is 2. The van der Waals surface area contributed by atoms with Crippen LogP contribution < -0.4 is 5.73 Å². The SMILES string of the molecule is NC(=O)CC1CCN(C(=O)/C=C\c2cccc3ccccc23)CC1. The van der Waals surface area contributed by atoms with Crippen LogP contribution in [0.15, 0.2) is 48.5 Å². The predicted octanol–water partition coefficient (Wildman–Crippen LogP) is 2.97. The number of fused-ring (bicyclic) bond motifs is 1. The molecule has 2 aromatic carbocycles. The van der Waals surface area contributed by atoms with Crippen LogP contribution in [0.1, 0.15) is 24.8 Å². The number of hydrogen-bond acceptors (Lipinski definition) is 2. The second-order valence-electron chi connectivity index (χ2n) is 6.34. The molecule has 0 spiro atoms. The van der Waals surface area contributed by atoms with Gasteiger partial charge in [-0.1, -0.05) is 42.5 Å². The van der Waals surface area contributed by atoms with Gasteiger partial charge in [0.1, 0.15) is 0 Å². The molecule has 1 aliphatic rings. The smallest absolute Gasteiger partial charge is 0.246 e. The van der Waals surface area contributed by atoms with Crippen LogP contribution in [0.3, 0.4) is 0 Å². The minimum atomic E-state index is -0.254. The second-order valence-corrected chi connectivity index (χ2v) is 6.34. The molecule has 0 aliphatic carbocycles. The molecular formula is C20H22N2O2. The number of amides is 2. The summed E-state index contributed by atoms with van der Waals surface area (Å²) in [6, 6.07) is 14.2. The number of nitrogens with two attached hydrogens (primary N) is 1. The van der Waals surface area contributed by atoms with Gasteiger partial charge < -0.3 is 10.6 Å². The summed E-state index contributed by atoms with van der Waals surface area (Å²) >= 11 is 0. The molecule has 1 fully saturated rings. The van der Waals surface area contributed by atoms with Crippen molar-refractivity contribution in [3.8, 4) is 0 Å². The highest BCUT2D eigenvalue weighted by Crippen LogP contribution is 2.22. The largest absolute Gasteiger partial charge is 0.370 e. The summed E-state index contributed by atoms with van der Waals surface area (Å²) in [7, 11) is 0. The van der Waals surface area contributed by atoms with Gasteiger partial charge in [-0.15, -0.1) is 0 Å². The average molecular weight is 322 g/mol. The van der Waals surface area contributed by atoms with Crippen LogP contribution in [0.2, 0.25) is 0 Å². The van der Waals surface area contributed by atoms with E-state index < -0.39 is 0 Å². The number of likely N-dealkylation sites (tertiary alicyclic amines) is 1. The van der Waals surface area contributed by atoms with Crippen molar-refractivity contribution in [1.82, 2.24) is 4.90 Å². The molecule has 0 unspecified atom stereocenters. The van der Waals surface area contributed by atoms with Crippen molar-refractivity contribution in [2.24, 2.45) is 11.7 Å². The van der Waals surface area contributed by atoms with E-state index in [2.05, 4.69) is 18.2 Å². The van der Waals surface area contributed by atoms with E-state index in [4.69, 9.17) is 5.73 Å². The van der Waals surface area contributed by atoms with Gasteiger partial charge in [-0.2, -0.15) is 0 Å². The molecule has 2 amide bonds. The first-order valence-electron chi connectivity index (χ1n) is 8.36. The van der Waals surface area contributed by atoms with Crippen molar-refractivity contribution in [3.05, 3.63) is 54.1 Å². The molecule has 1 aliphatic heterocycles. The maximum absolute atomic E-state index is 12.4. The Hall–Kier alpha value is -2.62. The summed E-state index contributed by atoms with van der Waals surface area (Å²) in [6.45, 7) is 1.38. The Bertz CT molecular complexity index is 769. The average Bonchev–Trinajstić information content (AvgIpc) is 2.59. The highest BCUT2D eigenvalue weighted by atomic mass is 16.2. The van der Waals surface area contributed by atoms with Crippen LogP contribution in [-0.2, 0) is 9.59 Å². The molecule has 2 N–H and O–H groups in total. The zero-order valence-corrected chi connectivity index (χ0v) is 13.7. The van der Waals surface area contributed by atoms with Crippen LogP contribution in [0.5, 0.6) is 0 Å². The zero-order chi connectivity index (χ0) is 16.9. The molecular weight excluding hydrogens is 300 g/mol. The van der Waals surface area contributed by atoms with E-state index >= 15 is 0 Å². The molecule has 3 rings (SSSR count). The lowest BCUT2D eigenvalue weighted by Gasteiger charge is -2.30. The summed E-state index contributed by atoms with van der Waals surface area (Å²) < 4.78 is 0. The van der Waals surface area contributed by atoms with Gasteiger partial charge in [-0.3, -0.25) is 9.59 Å². The summed E-state index contributed by atoms with van der Waals surface area (Å²) in [5.41, 5.74) is 6.29. The van der Waals surface area contributed by atoms with E-state index in [0.29, 0.717) is 25.4 Å². The molecule has 0 bridgehead atoms. The van der Waals surface area contributed by atoms with Gasteiger partial charge in [-0.05, 0) is 41.2 Å². The quantitative estimate of drug-likeness (QED) is 0.880.